The number of ether oxygens (including phenoxy) is 2. The van der Waals surface area contributed by atoms with E-state index >= 15 is 0 Å². The average Bonchev–Trinajstić information content (AvgIpc) is 3.02. The Bertz CT molecular complexity index is 841. The Morgan fingerprint density at radius 3 is 2.34 bits per heavy atom. The molecule has 1 aromatic rings. The zero-order chi connectivity index (χ0) is 20.9. The number of likely N-dealkylation sites (tertiary alicyclic amines) is 1. The summed E-state index contributed by atoms with van der Waals surface area (Å²) >= 11 is 0. The molecule has 0 bridgehead atoms. The van der Waals surface area contributed by atoms with E-state index in [0.717, 1.165) is 25.7 Å². The van der Waals surface area contributed by atoms with Crippen molar-refractivity contribution in [3.05, 3.63) is 29.3 Å². The molecule has 9 heteroatoms. The highest BCUT2D eigenvalue weighted by Gasteiger charge is 2.28. The van der Waals surface area contributed by atoms with Crippen molar-refractivity contribution in [3.8, 4) is 0 Å². The second-order valence-electron chi connectivity index (χ2n) is 7.36. The summed E-state index contributed by atoms with van der Waals surface area (Å²) < 4.78 is 37.4. The number of amides is 1. The predicted octanol–water partition coefficient (Wildman–Crippen LogP) is 1.58. The number of benzene rings is 1. The molecule has 0 saturated carbocycles. The minimum Gasteiger partial charge on any atom is -0.452 e. The molecule has 3 rings (SSSR count). The molecule has 1 amide bonds. The molecular formula is C20H28N2O6S. The number of nitrogens with zero attached hydrogens (tertiary/aromatic N) is 2. The lowest BCUT2D eigenvalue weighted by Gasteiger charge is -2.26. The highest BCUT2D eigenvalue weighted by atomic mass is 32.2. The first-order valence-electron chi connectivity index (χ1n) is 10.0. The van der Waals surface area contributed by atoms with Crippen molar-refractivity contribution in [2.75, 3.05) is 46.0 Å². The van der Waals surface area contributed by atoms with E-state index in [4.69, 9.17) is 9.47 Å². The summed E-state index contributed by atoms with van der Waals surface area (Å²) in [7, 11) is -3.72. The SMILES string of the molecule is Cc1ccc(S(=O)(=O)N2CCOCC2)cc1C(=O)OCC(=O)N1CCCCCC1. The van der Waals surface area contributed by atoms with Crippen LogP contribution in [0.3, 0.4) is 0 Å². The topological polar surface area (TPSA) is 93.2 Å². The highest BCUT2D eigenvalue weighted by molar-refractivity contribution is 7.89. The Kier molecular flexibility index (Phi) is 7.26. The molecule has 2 saturated heterocycles. The van der Waals surface area contributed by atoms with Crippen molar-refractivity contribution in [2.45, 2.75) is 37.5 Å². The molecule has 8 nitrogen and oxygen atoms in total. The molecule has 2 heterocycles. The first-order valence-corrected chi connectivity index (χ1v) is 11.5. The summed E-state index contributed by atoms with van der Waals surface area (Å²) in [6.07, 6.45) is 4.13. The second-order valence-corrected chi connectivity index (χ2v) is 9.30. The molecule has 0 atom stereocenters. The molecule has 0 unspecified atom stereocenters. The first-order chi connectivity index (χ1) is 13.9. The van der Waals surface area contributed by atoms with Crippen LogP contribution in [-0.2, 0) is 24.3 Å². The maximum Gasteiger partial charge on any atom is 0.338 e. The predicted molar refractivity (Wildman–Crippen MR) is 106 cm³/mol. The van der Waals surface area contributed by atoms with E-state index in [0.29, 0.717) is 31.9 Å². The van der Waals surface area contributed by atoms with Crippen LogP contribution in [0.4, 0.5) is 0 Å². The average molecular weight is 425 g/mol. The van der Waals surface area contributed by atoms with Gasteiger partial charge in [-0.05, 0) is 37.5 Å². The van der Waals surface area contributed by atoms with Crippen LogP contribution in [-0.4, -0.2) is 75.5 Å². The number of aryl methyl sites for hydroxylation is 1. The molecular weight excluding hydrogens is 396 g/mol. The Morgan fingerprint density at radius 2 is 1.69 bits per heavy atom. The number of carbonyl (C=O) groups is 2. The largest absolute Gasteiger partial charge is 0.452 e. The van der Waals surface area contributed by atoms with E-state index in [9.17, 15) is 18.0 Å². The Hall–Kier alpha value is -1.97. The van der Waals surface area contributed by atoms with Gasteiger partial charge in [0, 0.05) is 26.2 Å². The molecule has 2 aliphatic heterocycles. The van der Waals surface area contributed by atoms with Gasteiger partial charge < -0.3 is 14.4 Å². The zero-order valence-electron chi connectivity index (χ0n) is 16.8. The summed E-state index contributed by atoms with van der Waals surface area (Å²) in [6.45, 7) is 3.99. The van der Waals surface area contributed by atoms with Crippen LogP contribution in [0.5, 0.6) is 0 Å². The van der Waals surface area contributed by atoms with E-state index in [1.165, 1.54) is 16.4 Å². The van der Waals surface area contributed by atoms with Gasteiger partial charge in [-0.25, -0.2) is 13.2 Å². The highest BCUT2D eigenvalue weighted by Crippen LogP contribution is 2.21. The lowest BCUT2D eigenvalue weighted by Crippen LogP contribution is -2.40. The summed E-state index contributed by atoms with van der Waals surface area (Å²) in [5.74, 6) is -0.903. The molecule has 0 spiro atoms. The Morgan fingerprint density at radius 1 is 1.03 bits per heavy atom. The Labute approximate surface area is 171 Å². The van der Waals surface area contributed by atoms with E-state index < -0.39 is 16.0 Å². The van der Waals surface area contributed by atoms with Crippen molar-refractivity contribution in [1.29, 1.82) is 0 Å². The minimum absolute atomic E-state index is 0.0378. The quantitative estimate of drug-likeness (QED) is 0.666. The number of esters is 1. The number of hydrogen-bond acceptors (Lipinski definition) is 6. The third-order valence-corrected chi connectivity index (χ3v) is 7.22. The van der Waals surface area contributed by atoms with Gasteiger partial charge in [0.1, 0.15) is 0 Å². The van der Waals surface area contributed by atoms with Crippen LogP contribution >= 0.6 is 0 Å². The summed E-state index contributed by atoms with van der Waals surface area (Å²) in [6, 6.07) is 4.40. The molecule has 1 aromatic carbocycles. The van der Waals surface area contributed by atoms with Gasteiger partial charge in [-0.15, -0.1) is 0 Å². The van der Waals surface area contributed by atoms with Crippen LogP contribution in [0.2, 0.25) is 0 Å². The van der Waals surface area contributed by atoms with Crippen molar-refractivity contribution >= 4 is 21.9 Å². The fourth-order valence-corrected chi connectivity index (χ4v) is 4.97. The lowest BCUT2D eigenvalue weighted by atomic mass is 10.1. The number of morpholine rings is 1. The summed E-state index contributed by atoms with van der Waals surface area (Å²) in [5, 5.41) is 0. The van der Waals surface area contributed by atoms with Gasteiger partial charge in [-0.1, -0.05) is 18.9 Å². The number of carbonyl (C=O) groups excluding carboxylic acids is 2. The molecule has 0 radical (unpaired) electrons. The molecule has 2 aliphatic rings. The van der Waals surface area contributed by atoms with Gasteiger partial charge in [-0.2, -0.15) is 4.31 Å². The maximum atomic E-state index is 12.8. The third kappa shape index (κ3) is 5.34. The molecule has 0 aliphatic carbocycles. The van der Waals surface area contributed by atoms with Crippen LogP contribution in [0.1, 0.15) is 41.6 Å². The number of hydrogen-bond donors (Lipinski definition) is 0. The van der Waals surface area contributed by atoms with Gasteiger partial charge >= 0.3 is 5.97 Å². The lowest BCUT2D eigenvalue weighted by molar-refractivity contribution is -0.134. The van der Waals surface area contributed by atoms with Gasteiger partial charge in [0.2, 0.25) is 10.0 Å². The molecule has 29 heavy (non-hydrogen) atoms. The third-order valence-electron chi connectivity index (χ3n) is 5.32. The summed E-state index contributed by atoms with van der Waals surface area (Å²) in [5.41, 5.74) is 0.751. The fraction of sp³-hybridized carbons (Fsp3) is 0.600. The standard InChI is InChI=1S/C20H28N2O6S/c1-16-6-7-17(29(25,26)22-10-12-27-13-11-22)14-18(16)20(24)28-15-19(23)21-8-4-2-3-5-9-21/h6-7,14H,2-5,8-13,15H2,1H3. The molecule has 2 fully saturated rings. The van der Waals surface area contributed by atoms with E-state index in [2.05, 4.69) is 0 Å². The van der Waals surface area contributed by atoms with Crippen LogP contribution in [0, 0.1) is 6.92 Å². The van der Waals surface area contributed by atoms with Crippen LogP contribution < -0.4 is 0 Å². The maximum absolute atomic E-state index is 12.8. The van der Waals surface area contributed by atoms with Crippen LogP contribution in [0.15, 0.2) is 23.1 Å². The molecule has 0 aromatic heterocycles. The molecule has 0 N–H and O–H groups in total. The van der Waals surface area contributed by atoms with Crippen molar-refractivity contribution < 1.29 is 27.5 Å². The minimum atomic E-state index is -3.72. The van der Waals surface area contributed by atoms with Crippen LogP contribution in [0.25, 0.3) is 0 Å². The van der Waals surface area contributed by atoms with E-state index in [1.54, 1.807) is 17.9 Å². The normalized spacial score (nSPS) is 18.9. The summed E-state index contributed by atoms with van der Waals surface area (Å²) in [4.78, 5) is 26.7. The first kappa shape index (κ1) is 21.7. The van der Waals surface area contributed by atoms with E-state index in [-0.39, 0.29) is 36.1 Å². The van der Waals surface area contributed by atoms with Crippen molar-refractivity contribution in [1.82, 2.24) is 9.21 Å². The molecule has 160 valence electrons. The smallest absolute Gasteiger partial charge is 0.338 e. The van der Waals surface area contributed by atoms with Crippen molar-refractivity contribution in [2.24, 2.45) is 0 Å². The second kappa shape index (κ2) is 9.69. The van der Waals surface area contributed by atoms with Crippen molar-refractivity contribution in [3.63, 3.8) is 0 Å². The number of sulfonamides is 1. The van der Waals surface area contributed by atoms with Gasteiger partial charge in [-0.3, -0.25) is 4.79 Å². The van der Waals surface area contributed by atoms with Gasteiger partial charge in [0.15, 0.2) is 6.61 Å². The fourth-order valence-electron chi connectivity index (χ4n) is 3.53. The zero-order valence-corrected chi connectivity index (χ0v) is 17.6. The van der Waals surface area contributed by atoms with Gasteiger partial charge in [0.05, 0.1) is 23.7 Å². The monoisotopic (exact) mass is 424 g/mol. The van der Waals surface area contributed by atoms with Gasteiger partial charge in [0.25, 0.3) is 5.91 Å². The number of rotatable bonds is 5. The Balaban J connectivity index is 1.68. The van der Waals surface area contributed by atoms with E-state index in [1.807, 2.05) is 0 Å².